The molecule has 0 radical (unpaired) electrons. The van der Waals surface area contributed by atoms with Crippen molar-refractivity contribution in [3.05, 3.63) is 40.4 Å². The third kappa shape index (κ3) is 1.72. The lowest BCUT2D eigenvalue weighted by molar-refractivity contribution is 0.0690. The van der Waals surface area contributed by atoms with E-state index in [1.54, 1.807) is 25.2 Å². The van der Waals surface area contributed by atoms with E-state index >= 15 is 0 Å². The van der Waals surface area contributed by atoms with Crippen LogP contribution in [0.3, 0.4) is 0 Å². The van der Waals surface area contributed by atoms with Crippen molar-refractivity contribution in [3.8, 4) is 11.4 Å². The fraction of sp³-hybridized carbons (Fsp3) is 0.0833. The normalized spacial score (nSPS) is 11.2. The molecule has 3 rings (SSSR count). The molecule has 2 heterocycles. The third-order valence-electron chi connectivity index (χ3n) is 2.91. The lowest BCUT2D eigenvalue weighted by Crippen LogP contribution is -2.00. The van der Waals surface area contributed by atoms with Crippen LogP contribution in [0.2, 0.25) is 0 Å². The zero-order valence-corrected chi connectivity index (χ0v) is 11.8. The van der Waals surface area contributed by atoms with Crippen molar-refractivity contribution in [2.24, 2.45) is 7.05 Å². The van der Waals surface area contributed by atoms with Gasteiger partial charge in [0.2, 0.25) is 5.78 Å². The maximum Gasteiger partial charge on any atom is 0.357 e. The summed E-state index contributed by atoms with van der Waals surface area (Å²) in [4.78, 5) is 15.0. The van der Waals surface area contributed by atoms with E-state index in [-0.39, 0.29) is 10.3 Å². The summed E-state index contributed by atoms with van der Waals surface area (Å²) < 4.78 is 16.9. The Bertz CT molecular complexity index is 839. The van der Waals surface area contributed by atoms with E-state index in [1.807, 2.05) is 0 Å². The molecule has 20 heavy (non-hydrogen) atoms. The van der Waals surface area contributed by atoms with Crippen LogP contribution in [0.1, 0.15) is 10.5 Å². The Hall–Kier alpha value is -2.22. The van der Waals surface area contributed by atoms with Crippen molar-refractivity contribution in [1.29, 1.82) is 0 Å². The number of fused-ring (bicyclic) bond motifs is 1. The van der Waals surface area contributed by atoms with Gasteiger partial charge in [0.1, 0.15) is 10.4 Å². The molecule has 102 valence electrons. The van der Waals surface area contributed by atoms with Gasteiger partial charge in [-0.25, -0.2) is 14.2 Å². The van der Waals surface area contributed by atoms with Crippen LogP contribution < -0.4 is 0 Å². The number of carboxylic acid groups (broad SMARTS) is 1. The van der Waals surface area contributed by atoms with Gasteiger partial charge >= 0.3 is 5.97 Å². The summed E-state index contributed by atoms with van der Waals surface area (Å²) in [5.74, 6) is -0.885. The number of aromatic nitrogens is 4. The molecule has 0 atom stereocenters. The monoisotopic (exact) mass is 338 g/mol. The average molecular weight is 339 g/mol. The Morgan fingerprint density at radius 2 is 2.10 bits per heavy atom. The van der Waals surface area contributed by atoms with Gasteiger partial charge in [-0.05, 0) is 28.1 Å². The van der Waals surface area contributed by atoms with Crippen LogP contribution in [-0.2, 0) is 7.05 Å². The standard InChI is InChI=1S/C12H8BrFN4O2/c1-17-10(6-4-2-3-5-7(6)14)16-18-9(13)8(11(19)20)15-12(17)18/h2-5H,1H3,(H,19,20). The van der Waals surface area contributed by atoms with Crippen LogP contribution in [0.5, 0.6) is 0 Å². The first kappa shape index (κ1) is 12.8. The van der Waals surface area contributed by atoms with Crippen molar-refractivity contribution >= 4 is 27.7 Å². The highest BCUT2D eigenvalue weighted by molar-refractivity contribution is 9.10. The number of carbonyl (C=O) groups is 1. The highest BCUT2D eigenvalue weighted by Crippen LogP contribution is 2.25. The summed E-state index contributed by atoms with van der Waals surface area (Å²) in [5, 5.41) is 13.2. The van der Waals surface area contributed by atoms with E-state index < -0.39 is 11.8 Å². The van der Waals surface area contributed by atoms with Crippen molar-refractivity contribution in [3.63, 3.8) is 0 Å². The minimum absolute atomic E-state index is 0.136. The van der Waals surface area contributed by atoms with E-state index in [0.29, 0.717) is 17.2 Å². The number of imidazole rings is 1. The molecule has 0 aliphatic rings. The quantitative estimate of drug-likeness (QED) is 0.778. The number of benzene rings is 1. The second-order valence-corrected chi connectivity index (χ2v) is 4.88. The molecule has 2 aromatic heterocycles. The second-order valence-electron chi connectivity index (χ2n) is 4.13. The summed E-state index contributed by atoms with van der Waals surface area (Å²) in [6.45, 7) is 0. The molecule has 8 heteroatoms. The predicted octanol–water partition coefficient (Wildman–Crippen LogP) is 2.33. The third-order valence-corrected chi connectivity index (χ3v) is 3.62. The Balaban J connectivity index is 2.28. The zero-order valence-electron chi connectivity index (χ0n) is 10.2. The van der Waals surface area contributed by atoms with Crippen molar-refractivity contribution in [1.82, 2.24) is 19.2 Å². The topological polar surface area (TPSA) is 72.4 Å². The van der Waals surface area contributed by atoms with Crippen molar-refractivity contribution < 1.29 is 14.3 Å². The van der Waals surface area contributed by atoms with Gasteiger partial charge in [-0.15, -0.1) is 5.10 Å². The van der Waals surface area contributed by atoms with Crippen LogP contribution in [0.15, 0.2) is 28.9 Å². The maximum atomic E-state index is 13.8. The van der Waals surface area contributed by atoms with Gasteiger partial charge < -0.3 is 5.11 Å². The molecule has 1 aromatic carbocycles. The molecule has 0 fully saturated rings. The molecule has 0 saturated carbocycles. The Labute approximate surface area is 120 Å². The molecular weight excluding hydrogens is 331 g/mol. The molecule has 0 saturated heterocycles. The minimum Gasteiger partial charge on any atom is -0.476 e. The average Bonchev–Trinajstić information content (AvgIpc) is 2.89. The lowest BCUT2D eigenvalue weighted by atomic mass is 10.2. The van der Waals surface area contributed by atoms with Crippen molar-refractivity contribution in [2.75, 3.05) is 0 Å². The molecule has 0 spiro atoms. The first-order valence-electron chi connectivity index (χ1n) is 5.60. The van der Waals surface area contributed by atoms with E-state index in [2.05, 4.69) is 26.0 Å². The fourth-order valence-corrected chi connectivity index (χ4v) is 2.45. The number of hydrogen-bond donors (Lipinski definition) is 1. The fourth-order valence-electron chi connectivity index (χ4n) is 1.96. The summed E-state index contributed by atoms with van der Waals surface area (Å²) in [6.07, 6.45) is 0. The Morgan fingerprint density at radius 3 is 2.70 bits per heavy atom. The largest absolute Gasteiger partial charge is 0.476 e. The van der Waals surface area contributed by atoms with Crippen molar-refractivity contribution in [2.45, 2.75) is 0 Å². The lowest BCUT2D eigenvalue weighted by Gasteiger charge is -2.01. The number of halogens is 2. The van der Waals surface area contributed by atoms with Crippen LogP contribution in [0.4, 0.5) is 4.39 Å². The van der Waals surface area contributed by atoms with Gasteiger partial charge in [0.25, 0.3) is 0 Å². The zero-order chi connectivity index (χ0) is 14.4. The maximum absolute atomic E-state index is 13.8. The van der Waals surface area contributed by atoms with Crippen LogP contribution in [0.25, 0.3) is 17.2 Å². The van der Waals surface area contributed by atoms with Gasteiger partial charge in [-0.1, -0.05) is 12.1 Å². The van der Waals surface area contributed by atoms with Gasteiger partial charge in [0.05, 0.1) is 5.56 Å². The molecule has 3 aromatic rings. The Kier molecular flexibility index (Phi) is 2.82. The molecular formula is C12H8BrFN4O2. The molecule has 0 aliphatic heterocycles. The van der Waals surface area contributed by atoms with E-state index in [4.69, 9.17) is 5.11 Å². The summed E-state index contributed by atoms with van der Waals surface area (Å²) in [6, 6.07) is 6.23. The molecule has 0 amide bonds. The highest BCUT2D eigenvalue weighted by Gasteiger charge is 2.22. The van der Waals surface area contributed by atoms with E-state index in [9.17, 15) is 9.18 Å². The first-order valence-corrected chi connectivity index (χ1v) is 6.39. The summed E-state index contributed by atoms with van der Waals surface area (Å²) in [5.41, 5.74) is 0.187. The van der Waals surface area contributed by atoms with Crippen LogP contribution in [0, 0.1) is 5.82 Å². The molecule has 0 aliphatic carbocycles. The number of nitrogens with zero attached hydrogens (tertiary/aromatic N) is 4. The molecule has 0 bridgehead atoms. The predicted molar refractivity (Wildman–Crippen MR) is 72.0 cm³/mol. The summed E-state index contributed by atoms with van der Waals surface area (Å²) in [7, 11) is 1.65. The number of carboxylic acids is 1. The second kappa shape index (κ2) is 4.41. The molecule has 1 N–H and O–H groups in total. The smallest absolute Gasteiger partial charge is 0.357 e. The van der Waals surface area contributed by atoms with Gasteiger partial charge in [0.15, 0.2) is 11.5 Å². The number of hydrogen-bond acceptors (Lipinski definition) is 3. The van der Waals surface area contributed by atoms with Crippen LogP contribution in [-0.4, -0.2) is 30.2 Å². The van der Waals surface area contributed by atoms with E-state index in [0.717, 1.165) is 0 Å². The van der Waals surface area contributed by atoms with Crippen LogP contribution >= 0.6 is 15.9 Å². The van der Waals surface area contributed by atoms with Gasteiger partial charge in [0, 0.05) is 7.05 Å². The summed E-state index contributed by atoms with van der Waals surface area (Å²) >= 11 is 3.14. The molecule has 6 nitrogen and oxygen atoms in total. The number of aryl methyl sites for hydroxylation is 1. The minimum atomic E-state index is -1.16. The number of aromatic carboxylic acids is 1. The highest BCUT2D eigenvalue weighted by atomic mass is 79.9. The number of rotatable bonds is 2. The SMILES string of the molecule is Cn1c(-c2ccccc2F)nn2c(Br)c(C(=O)O)nc12. The molecule has 0 unspecified atom stereocenters. The Morgan fingerprint density at radius 1 is 1.40 bits per heavy atom. The van der Waals surface area contributed by atoms with E-state index in [1.165, 1.54) is 15.1 Å². The van der Waals surface area contributed by atoms with Gasteiger partial charge in [-0.2, -0.15) is 4.52 Å². The first-order chi connectivity index (χ1) is 9.50. The van der Waals surface area contributed by atoms with Gasteiger partial charge in [-0.3, -0.25) is 4.57 Å².